The minimum Gasteiger partial charge on any atom is -0.343 e. The molecule has 1 aliphatic heterocycles. The number of carbonyl (C=O) groups excluding carboxylic acids is 2. The minimum atomic E-state index is -0.497. The van der Waals surface area contributed by atoms with Crippen LogP contribution in [-0.4, -0.2) is 33.7 Å². The highest BCUT2D eigenvalue weighted by Gasteiger charge is 2.39. The first-order chi connectivity index (χ1) is 8.45. The normalized spacial score (nSPS) is 24.3. The van der Waals surface area contributed by atoms with Crippen LogP contribution in [0.15, 0.2) is 6.20 Å². The van der Waals surface area contributed by atoms with E-state index in [4.69, 9.17) is 0 Å². The maximum Gasteiger partial charge on any atom is 0.250 e. The van der Waals surface area contributed by atoms with Crippen LogP contribution < -0.4 is 10.2 Å². The zero-order chi connectivity index (χ0) is 13.4. The molecule has 0 saturated carbocycles. The average Bonchev–Trinajstić information content (AvgIpc) is 2.63. The number of carbonyl (C=O) groups is 2. The molecule has 18 heavy (non-hydrogen) atoms. The van der Waals surface area contributed by atoms with Crippen LogP contribution in [0, 0.1) is 6.92 Å². The summed E-state index contributed by atoms with van der Waals surface area (Å²) in [6.07, 6.45) is 2.36. The highest BCUT2D eigenvalue weighted by atomic mass is 16.2. The van der Waals surface area contributed by atoms with Gasteiger partial charge in [0.2, 0.25) is 11.8 Å². The number of anilines is 1. The van der Waals surface area contributed by atoms with Gasteiger partial charge in [0, 0.05) is 13.2 Å². The SMILES string of the molecule is CCC1NC(=O)C(C)N(c2cn(C)nc2C)C1=O. The number of nitrogens with one attached hydrogen (secondary N) is 1. The lowest BCUT2D eigenvalue weighted by molar-refractivity contribution is -0.133. The first-order valence-corrected chi connectivity index (χ1v) is 6.09. The van der Waals surface area contributed by atoms with Crippen molar-refractivity contribution in [3.8, 4) is 0 Å². The summed E-state index contributed by atoms with van der Waals surface area (Å²) >= 11 is 0. The zero-order valence-electron chi connectivity index (χ0n) is 11.1. The molecular weight excluding hydrogens is 232 g/mol. The summed E-state index contributed by atoms with van der Waals surface area (Å²) in [6.45, 7) is 5.45. The molecule has 0 aliphatic carbocycles. The number of hydrogen-bond acceptors (Lipinski definition) is 3. The Bertz CT molecular complexity index is 494. The van der Waals surface area contributed by atoms with E-state index >= 15 is 0 Å². The summed E-state index contributed by atoms with van der Waals surface area (Å²) in [7, 11) is 1.80. The van der Waals surface area contributed by atoms with E-state index in [0.29, 0.717) is 12.1 Å². The summed E-state index contributed by atoms with van der Waals surface area (Å²) in [6, 6.07) is -0.934. The van der Waals surface area contributed by atoms with Gasteiger partial charge >= 0.3 is 0 Å². The van der Waals surface area contributed by atoms with Crippen molar-refractivity contribution in [1.82, 2.24) is 15.1 Å². The number of amides is 2. The van der Waals surface area contributed by atoms with Gasteiger partial charge in [0.15, 0.2) is 0 Å². The summed E-state index contributed by atoms with van der Waals surface area (Å²) in [5.74, 6) is -0.189. The third-order valence-corrected chi connectivity index (χ3v) is 3.27. The molecule has 1 aromatic heterocycles. The fraction of sp³-hybridized carbons (Fsp3) is 0.583. The van der Waals surface area contributed by atoms with E-state index in [0.717, 1.165) is 5.69 Å². The van der Waals surface area contributed by atoms with Crippen LogP contribution in [0.4, 0.5) is 5.69 Å². The fourth-order valence-electron chi connectivity index (χ4n) is 2.26. The van der Waals surface area contributed by atoms with Gasteiger partial charge in [-0.3, -0.25) is 19.2 Å². The van der Waals surface area contributed by atoms with E-state index in [1.165, 1.54) is 0 Å². The van der Waals surface area contributed by atoms with Crippen molar-refractivity contribution in [3.63, 3.8) is 0 Å². The Kier molecular flexibility index (Phi) is 3.11. The lowest BCUT2D eigenvalue weighted by Crippen LogP contribution is -2.62. The summed E-state index contributed by atoms with van der Waals surface area (Å²) in [4.78, 5) is 25.8. The summed E-state index contributed by atoms with van der Waals surface area (Å²) < 4.78 is 1.65. The minimum absolute atomic E-state index is 0.0688. The van der Waals surface area contributed by atoms with Crippen LogP contribution in [0.25, 0.3) is 0 Å². The quantitative estimate of drug-likeness (QED) is 0.824. The van der Waals surface area contributed by atoms with Crippen molar-refractivity contribution in [2.24, 2.45) is 7.05 Å². The topological polar surface area (TPSA) is 67.2 Å². The maximum absolute atomic E-state index is 12.3. The van der Waals surface area contributed by atoms with E-state index in [-0.39, 0.29) is 11.8 Å². The fourth-order valence-corrected chi connectivity index (χ4v) is 2.26. The maximum atomic E-state index is 12.3. The smallest absolute Gasteiger partial charge is 0.250 e. The molecule has 1 aliphatic rings. The van der Waals surface area contributed by atoms with E-state index < -0.39 is 12.1 Å². The van der Waals surface area contributed by atoms with Crippen LogP contribution in [0.2, 0.25) is 0 Å². The Labute approximate surface area is 106 Å². The second kappa shape index (κ2) is 4.44. The molecule has 6 heteroatoms. The second-order valence-corrected chi connectivity index (χ2v) is 4.63. The molecule has 0 aromatic carbocycles. The molecule has 2 heterocycles. The molecule has 1 saturated heterocycles. The Morgan fingerprint density at radius 1 is 1.44 bits per heavy atom. The molecule has 0 bridgehead atoms. The molecule has 2 unspecified atom stereocenters. The average molecular weight is 250 g/mol. The Morgan fingerprint density at radius 3 is 2.61 bits per heavy atom. The van der Waals surface area contributed by atoms with Crippen molar-refractivity contribution in [3.05, 3.63) is 11.9 Å². The van der Waals surface area contributed by atoms with Gasteiger partial charge in [-0.25, -0.2) is 0 Å². The lowest BCUT2D eigenvalue weighted by Gasteiger charge is -2.36. The van der Waals surface area contributed by atoms with E-state index in [1.807, 2.05) is 13.8 Å². The van der Waals surface area contributed by atoms with Crippen molar-refractivity contribution < 1.29 is 9.59 Å². The van der Waals surface area contributed by atoms with E-state index in [9.17, 15) is 9.59 Å². The molecule has 1 fully saturated rings. The van der Waals surface area contributed by atoms with Gasteiger partial charge in [0.1, 0.15) is 12.1 Å². The van der Waals surface area contributed by atoms with Crippen molar-refractivity contribution >= 4 is 17.5 Å². The van der Waals surface area contributed by atoms with Crippen molar-refractivity contribution in [1.29, 1.82) is 0 Å². The van der Waals surface area contributed by atoms with Crippen LogP contribution in [0.3, 0.4) is 0 Å². The van der Waals surface area contributed by atoms with E-state index in [1.54, 1.807) is 29.7 Å². The van der Waals surface area contributed by atoms with Gasteiger partial charge < -0.3 is 5.32 Å². The zero-order valence-corrected chi connectivity index (χ0v) is 11.1. The molecule has 1 aromatic rings. The predicted molar refractivity (Wildman–Crippen MR) is 67.1 cm³/mol. The van der Waals surface area contributed by atoms with E-state index in [2.05, 4.69) is 10.4 Å². The van der Waals surface area contributed by atoms with Crippen molar-refractivity contribution in [2.75, 3.05) is 4.90 Å². The first-order valence-electron chi connectivity index (χ1n) is 6.09. The number of piperazine rings is 1. The van der Waals surface area contributed by atoms with Gasteiger partial charge in [0.25, 0.3) is 0 Å². The Balaban J connectivity index is 2.42. The summed E-state index contributed by atoms with van der Waals surface area (Å²) in [5.41, 5.74) is 1.46. The molecule has 6 nitrogen and oxygen atoms in total. The molecule has 2 atom stereocenters. The molecule has 1 N–H and O–H groups in total. The molecule has 0 radical (unpaired) electrons. The van der Waals surface area contributed by atoms with Crippen molar-refractivity contribution in [2.45, 2.75) is 39.3 Å². The van der Waals surface area contributed by atoms with Gasteiger partial charge in [-0.2, -0.15) is 5.10 Å². The lowest BCUT2D eigenvalue weighted by atomic mass is 10.1. The monoisotopic (exact) mass is 250 g/mol. The van der Waals surface area contributed by atoms with Gasteiger partial charge in [-0.05, 0) is 20.3 Å². The van der Waals surface area contributed by atoms with Gasteiger partial charge in [-0.1, -0.05) is 6.92 Å². The molecule has 0 spiro atoms. The van der Waals surface area contributed by atoms with Crippen LogP contribution in [0.5, 0.6) is 0 Å². The Hall–Kier alpha value is -1.85. The number of rotatable bonds is 2. The summed E-state index contributed by atoms with van der Waals surface area (Å²) in [5, 5.41) is 6.96. The van der Waals surface area contributed by atoms with Crippen LogP contribution >= 0.6 is 0 Å². The largest absolute Gasteiger partial charge is 0.343 e. The standard InChI is InChI=1S/C12H18N4O2/c1-5-9-12(18)16(8(3)11(17)13-9)10-6-15(4)14-7(10)2/h6,8-9H,5H2,1-4H3,(H,13,17). The highest BCUT2D eigenvalue weighted by molar-refractivity contribution is 6.08. The number of hydrogen-bond donors (Lipinski definition) is 1. The molecular formula is C12H18N4O2. The van der Waals surface area contributed by atoms with Crippen LogP contribution in [0.1, 0.15) is 26.0 Å². The van der Waals surface area contributed by atoms with Crippen LogP contribution in [-0.2, 0) is 16.6 Å². The third kappa shape index (κ3) is 1.87. The predicted octanol–water partition coefficient (Wildman–Crippen LogP) is 0.358. The van der Waals surface area contributed by atoms with Gasteiger partial charge in [-0.15, -0.1) is 0 Å². The Morgan fingerprint density at radius 2 is 2.11 bits per heavy atom. The number of aryl methyl sites for hydroxylation is 2. The van der Waals surface area contributed by atoms with Gasteiger partial charge in [0.05, 0.1) is 11.4 Å². The second-order valence-electron chi connectivity index (χ2n) is 4.63. The number of aromatic nitrogens is 2. The third-order valence-electron chi connectivity index (χ3n) is 3.27. The highest BCUT2D eigenvalue weighted by Crippen LogP contribution is 2.24. The molecule has 98 valence electrons. The number of nitrogens with zero attached hydrogens (tertiary/aromatic N) is 3. The molecule has 2 rings (SSSR count). The first kappa shape index (κ1) is 12.6. The molecule has 2 amide bonds.